The van der Waals surface area contributed by atoms with E-state index in [-0.39, 0.29) is 17.2 Å². The lowest BCUT2D eigenvalue weighted by Crippen LogP contribution is -2.38. The van der Waals surface area contributed by atoms with Crippen LogP contribution in [0.25, 0.3) is 0 Å². The number of nitrogens with two attached hydrogens (primary N) is 1. The minimum Gasteiger partial charge on any atom is -0.327 e. The molecule has 0 amide bonds. The molecule has 4 heteroatoms. The van der Waals surface area contributed by atoms with Gasteiger partial charge in [-0.25, -0.2) is 8.42 Å². The Hall–Kier alpha value is -0.0900. The molecule has 0 aliphatic heterocycles. The first-order chi connectivity index (χ1) is 6.47. The van der Waals surface area contributed by atoms with Gasteiger partial charge < -0.3 is 5.73 Å². The molecule has 2 N–H and O–H groups in total. The Morgan fingerprint density at radius 2 is 2.07 bits per heavy atom. The quantitative estimate of drug-likeness (QED) is 0.776. The van der Waals surface area contributed by atoms with Crippen LogP contribution in [0.3, 0.4) is 0 Å². The van der Waals surface area contributed by atoms with Crippen LogP contribution in [0.2, 0.25) is 0 Å². The van der Waals surface area contributed by atoms with Gasteiger partial charge in [0.25, 0.3) is 0 Å². The fourth-order valence-electron chi connectivity index (χ4n) is 2.04. The molecule has 1 aliphatic rings. The zero-order valence-electron chi connectivity index (χ0n) is 9.07. The zero-order chi connectivity index (χ0) is 10.8. The molecule has 0 aromatic carbocycles. The second kappa shape index (κ2) is 4.62. The molecule has 0 saturated heterocycles. The monoisotopic (exact) mass is 219 g/mol. The maximum Gasteiger partial charge on any atom is 0.154 e. The fraction of sp³-hybridized carbons (Fsp3) is 1.00. The third kappa shape index (κ3) is 2.70. The molecule has 14 heavy (non-hydrogen) atoms. The van der Waals surface area contributed by atoms with Crippen molar-refractivity contribution in [1.82, 2.24) is 0 Å². The van der Waals surface area contributed by atoms with Crippen LogP contribution in [0, 0.1) is 5.92 Å². The molecule has 3 nitrogen and oxygen atoms in total. The Balaban J connectivity index is 2.65. The van der Waals surface area contributed by atoms with Gasteiger partial charge in [0.2, 0.25) is 0 Å². The fourth-order valence-corrected chi connectivity index (χ4v) is 4.51. The Bertz CT molecular complexity index is 274. The van der Waals surface area contributed by atoms with E-state index in [0.717, 1.165) is 25.7 Å². The van der Waals surface area contributed by atoms with Gasteiger partial charge in [0, 0.05) is 6.04 Å². The molecule has 0 bridgehead atoms. The van der Waals surface area contributed by atoms with E-state index in [4.69, 9.17) is 5.73 Å². The van der Waals surface area contributed by atoms with Crippen LogP contribution in [0.1, 0.15) is 39.5 Å². The highest BCUT2D eigenvalue weighted by atomic mass is 32.2. The van der Waals surface area contributed by atoms with E-state index < -0.39 is 9.84 Å². The lowest BCUT2D eigenvalue weighted by atomic mass is 10.2. The van der Waals surface area contributed by atoms with Crippen molar-refractivity contribution in [3.05, 3.63) is 0 Å². The van der Waals surface area contributed by atoms with Crippen molar-refractivity contribution in [3.63, 3.8) is 0 Å². The lowest BCUT2D eigenvalue weighted by Gasteiger charge is -2.18. The SMILES string of the molecule is CCC(C)CS(=O)(=O)C1CCCC1N. The summed E-state index contributed by atoms with van der Waals surface area (Å²) in [5, 5.41) is -0.267. The van der Waals surface area contributed by atoms with Gasteiger partial charge in [0.1, 0.15) is 0 Å². The molecule has 3 atom stereocenters. The maximum atomic E-state index is 11.9. The standard InChI is InChI=1S/C10H21NO2S/c1-3-8(2)7-14(12,13)10-6-4-5-9(10)11/h8-10H,3-7,11H2,1-2H3. The van der Waals surface area contributed by atoms with Crippen LogP contribution in [-0.4, -0.2) is 25.5 Å². The van der Waals surface area contributed by atoms with Crippen molar-refractivity contribution in [3.8, 4) is 0 Å². The molecular formula is C10H21NO2S. The molecule has 1 aliphatic carbocycles. The summed E-state index contributed by atoms with van der Waals surface area (Å²) in [6, 6.07) is -0.121. The van der Waals surface area contributed by atoms with Gasteiger partial charge in [-0.05, 0) is 18.8 Å². The Labute approximate surface area is 87.0 Å². The lowest BCUT2D eigenvalue weighted by molar-refractivity contribution is 0.543. The van der Waals surface area contributed by atoms with E-state index in [1.165, 1.54) is 0 Å². The average Bonchev–Trinajstić information content (AvgIpc) is 2.51. The van der Waals surface area contributed by atoms with Crippen LogP contribution in [0.15, 0.2) is 0 Å². The minimum atomic E-state index is -2.95. The summed E-state index contributed by atoms with van der Waals surface area (Å²) in [4.78, 5) is 0. The van der Waals surface area contributed by atoms with Crippen LogP contribution in [0.5, 0.6) is 0 Å². The van der Waals surface area contributed by atoms with Crippen molar-refractivity contribution in [2.24, 2.45) is 11.7 Å². The molecule has 0 radical (unpaired) electrons. The van der Waals surface area contributed by atoms with E-state index in [9.17, 15) is 8.42 Å². The summed E-state index contributed by atoms with van der Waals surface area (Å²) in [6.45, 7) is 4.01. The number of hydrogen-bond donors (Lipinski definition) is 1. The summed E-state index contributed by atoms with van der Waals surface area (Å²) >= 11 is 0. The van der Waals surface area contributed by atoms with Gasteiger partial charge in [0.05, 0.1) is 11.0 Å². The maximum absolute atomic E-state index is 11.9. The third-order valence-electron chi connectivity index (χ3n) is 3.18. The molecule has 1 fully saturated rings. The van der Waals surface area contributed by atoms with E-state index in [1.807, 2.05) is 13.8 Å². The van der Waals surface area contributed by atoms with Crippen LogP contribution in [0.4, 0.5) is 0 Å². The van der Waals surface area contributed by atoms with Crippen molar-refractivity contribution in [2.45, 2.75) is 50.8 Å². The van der Waals surface area contributed by atoms with Gasteiger partial charge in [-0.3, -0.25) is 0 Å². The summed E-state index contributed by atoms with van der Waals surface area (Å²) in [6.07, 6.45) is 3.51. The summed E-state index contributed by atoms with van der Waals surface area (Å²) < 4.78 is 23.9. The predicted octanol–water partition coefficient (Wildman–Crippen LogP) is 1.33. The van der Waals surface area contributed by atoms with Gasteiger partial charge in [-0.15, -0.1) is 0 Å². The summed E-state index contributed by atoms with van der Waals surface area (Å²) in [5.74, 6) is 0.565. The van der Waals surface area contributed by atoms with Crippen molar-refractivity contribution < 1.29 is 8.42 Å². The van der Waals surface area contributed by atoms with Gasteiger partial charge in [0.15, 0.2) is 9.84 Å². The largest absolute Gasteiger partial charge is 0.327 e. The first kappa shape index (κ1) is 12.0. The normalized spacial score (nSPS) is 30.5. The Morgan fingerprint density at radius 3 is 2.50 bits per heavy atom. The second-order valence-electron chi connectivity index (χ2n) is 4.48. The molecule has 0 heterocycles. The summed E-state index contributed by atoms with van der Waals surface area (Å²) in [7, 11) is -2.95. The highest BCUT2D eigenvalue weighted by molar-refractivity contribution is 7.92. The molecule has 0 aromatic heterocycles. The predicted molar refractivity (Wildman–Crippen MR) is 58.9 cm³/mol. The minimum absolute atomic E-state index is 0.121. The molecule has 84 valence electrons. The van der Waals surface area contributed by atoms with Crippen molar-refractivity contribution >= 4 is 9.84 Å². The molecule has 1 rings (SSSR count). The van der Waals surface area contributed by atoms with Crippen LogP contribution >= 0.6 is 0 Å². The van der Waals surface area contributed by atoms with E-state index in [0.29, 0.717) is 5.75 Å². The average molecular weight is 219 g/mol. The topological polar surface area (TPSA) is 60.2 Å². The van der Waals surface area contributed by atoms with E-state index >= 15 is 0 Å². The number of sulfone groups is 1. The second-order valence-corrected chi connectivity index (χ2v) is 6.74. The molecule has 0 aromatic rings. The molecule has 3 unspecified atom stereocenters. The third-order valence-corrected chi connectivity index (χ3v) is 5.72. The van der Waals surface area contributed by atoms with E-state index in [1.54, 1.807) is 0 Å². The first-order valence-corrected chi connectivity index (χ1v) is 7.16. The number of rotatable bonds is 4. The molecular weight excluding hydrogens is 198 g/mol. The smallest absolute Gasteiger partial charge is 0.154 e. The number of hydrogen-bond acceptors (Lipinski definition) is 3. The van der Waals surface area contributed by atoms with Crippen molar-refractivity contribution in [2.75, 3.05) is 5.75 Å². The van der Waals surface area contributed by atoms with Crippen LogP contribution in [-0.2, 0) is 9.84 Å². The van der Waals surface area contributed by atoms with Gasteiger partial charge >= 0.3 is 0 Å². The van der Waals surface area contributed by atoms with Gasteiger partial charge in [-0.2, -0.15) is 0 Å². The van der Waals surface area contributed by atoms with Crippen molar-refractivity contribution in [1.29, 1.82) is 0 Å². The zero-order valence-corrected chi connectivity index (χ0v) is 9.89. The Kier molecular flexibility index (Phi) is 3.95. The van der Waals surface area contributed by atoms with Crippen LogP contribution < -0.4 is 5.73 Å². The Morgan fingerprint density at radius 1 is 1.43 bits per heavy atom. The highest BCUT2D eigenvalue weighted by Gasteiger charge is 2.35. The van der Waals surface area contributed by atoms with E-state index in [2.05, 4.69) is 0 Å². The van der Waals surface area contributed by atoms with Gasteiger partial charge in [-0.1, -0.05) is 26.7 Å². The highest BCUT2D eigenvalue weighted by Crippen LogP contribution is 2.25. The summed E-state index contributed by atoms with van der Waals surface area (Å²) in [5.41, 5.74) is 5.80. The molecule has 1 saturated carbocycles. The first-order valence-electron chi connectivity index (χ1n) is 5.44. The molecule has 0 spiro atoms.